The number of hydrogen-bond acceptors (Lipinski definition) is 9. The number of aliphatic carboxylic acids is 1. The van der Waals surface area contributed by atoms with Crippen molar-refractivity contribution in [3.63, 3.8) is 0 Å². The summed E-state index contributed by atoms with van der Waals surface area (Å²) in [6, 6.07) is 8.21. The first-order valence-corrected chi connectivity index (χ1v) is 12.5. The molecular weight excluding hydrogens is 569 g/mol. The van der Waals surface area contributed by atoms with E-state index in [1.54, 1.807) is 19.5 Å². The summed E-state index contributed by atoms with van der Waals surface area (Å²) in [6.45, 7) is 4.11. The second-order valence-electron chi connectivity index (χ2n) is 8.43. The van der Waals surface area contributed by atoms with Crippen LogP contribution in [0.3, 0.4) is 0 Å². The van der Waals surface area contributed by atoms with Gasteiger partial charge in [0.1, 0.15) is 11.4 Å². The highest BCUT2D eigenvalue weighted by Crippen LogP contribution is 2.15. The zero-order valence-corrected chi connectivity index (χ0v) is 22.8. The largest absolute Gasteiger partial charge is 0.493 e. The molecule has 0 aliphatic rings. The van der Waals surface area contributed by atoms with Crippen LogP contribution < -0.4 is 10.1 Å². The lowest BCUT2D eigenvalue weighted by Gasteiger charge is -2.17. The van der Waals surface area contributed by atoms with Crippen molar-refractivity contribution in [3.05, 3.63) is 59.7 Å². The van der Waals surface area contributed by atoms with Gasteiger partial charge in [0.15, 0.2) is 11.7 Å². The van der Waals surface area contributed by atoms with Gasteiger partial charge in [-0.25, -0.2) is 14.3 Å². The van der Waals surface area contributed by atoms with E-state index in [-0.39, 0.29) is 24.8 Å². The van der Waals surface area contributed by atoms with Crippen LogP contribution in [-0.2, 0) is 32.2 Å². The number of nitrogens with zero attached hydrogens (tertiary/aromatic N) is 5. The third-order valence-electron chi connectivity index (χ3n) is 5.21. The molecule has 0 saturated heterocycles. The molecule has 1 amide bonds. The summed E-state index contributed by atoms with van der Waals surface area (Å²) < 4.78 is 50.9. The van der Waals surface area contributed by atoms with Crippen molar-refractivity contribution in [2.75, 3.05) is 33.5 Å². The number of alkyl halides is 3. The van der Waals surface area contributed by atoms with E-state index in [9.17, 15) is 22.8 Å². The minimum absolute atomic E-state index is 0.0598. The first-order valence-electron chi connectivity index (χ1n) is 12.5. The SMILES string of the molecule is CCOCC(C(=O)NCc1cccc(OCCCOC)c1)n1cc(Cn2ccc(C(=O)O)n2)nn1.O=C(O)C(F)(F)F. The Balaban J connectivity index is 0.000000782. The maximum atomic E-state index is 13.0. The third-order valence-corrected chi connectivity index (χ3v) is 5.21. The third kappa shape index (κ3) is 11.5. The van der Waals surface area contributed by atoms with Crippen LogP contribution in [0.4, 0.5) is 13.2 Å². The van der Waals surface area contributed by atoms with Gasteiger partial charge in [-0.2, -0.15) is 18.3 Å². The Kier molecular flexibility index (Phi) is 13.4. The minimum Gasteiger partial charge on any atom is -0.493 e. The van der Waals surface area contributed by atoms with Gasteiger partial charge in [0.25, 0.3) is 0 Å². The zero-order valence-electron chi connectivity index (χ0n) is 22.8. The Bertz CT molecular complexity index is 1300. The molecule has 0 radical (unpaired) electrons. The number of halogens is 3. The molecule has 0 saturated carbocycles. The van der Waals surface area contributed by atoms with Gasteiger partial charge in [-0.1, -0.05) is 17.3 Å². The molecule has 0 spiro atoms. The van der Waals surface area contributed by atoms with E-state index in [0.717, 1.165) is 17.7 Å². The van der Waals surface area contributed by atoms with Crippen LogP contribution in [0.1, 0.15) is 41.1 Å². The topological polar surface area (TPSA) is 180 Å². The summed E-state index contributed by atoms with van der Waals surface area (Å²) in [4.78, 5) is 32.9. The van der Waals surface area contributed by atoms with Crippen molar-refractivity contribution in [1.29, 1.82) is 0 Å². The zero-order chi connectivity index (χ0) is 31.1. The van der Waals surface area contributed by atoms with Crippen LogP contribution in [0, 0.1) is 0 Å². The van der Waals surface area contributed by atoms with Crippen LogP contribution >= 0.6 is 0 Å². The minimum atomic E-state index is -5.08. The fourth-order valence-electron chi connectivity index (χ4n) is 3.22. The van der Waals surface area contributed by atoms with Crippen molar-refractivity contribution >= 4 is 17.8 Å². The molecule has 3 N–H and O–H groups in total. The first kappa shape index (κ1) is 33.7. The van der Waals surface area contributed by atoms with Gasteiger partial charge in [-0.3, -0.25) is 9.48 Å². The van der Waals surface area contributed by atoms with E-state index in [2.05, 4.69) is 20.7 Å². The lowest BCUT2D eigenvalue weighted by molar-refractivity contribution is -0.192. The summed E-state index contributed by atoms with van der Waals surface area (Å²) in [7, 11) is 1.65. The highest BCUT2D eigenvalue weighted by atomic mass is 19.4. The Labute approximate surface area is 238 Å². The Hall–Kier alpha value is -4.51. The van der Waals surface area contributed by atoms with Crippen molar-refractivity contribution in [3.8, 4) is 5.75 Å². The lowest BCUT2D eigenvalue weighted by atomic mass is 10.2. The number of methoxy groups -OCH3 is 1. The number of ether oxygens (including phenoxy) is 3. The van der Waals surface area contributed by atoms with Crippen LogP contribution in [0.5, 0.6) is 5.75 Å². The number of hydrogen-bond donors (Lipinski definition) is 3. The molecule has 2 heterocycles. The summed E-state index contributed by atoms with van der Waals surface area (Å²) in [6.07, 6.45) is -1.13. The smallest absolute Gasteiger partial charge is 0.490 e. The van der Waals surface area contributed by atoms with E-state index >= 15 is 0 Å². The maximum absolute atomic E-state index is 13.0. The first-order chi connectivity index (χ1) is 19.9. The molecule has 42 heavy (non-hydrogen) atoms. The highest BCUT2D eigenvalue weighted by Gasteiger charge is 2.38. The molecule has 3 aromatic rings. The van der Waals surface area contributed by atoms with Crippen molar-refractivity contribution < 1.29 is 52.0 Å². The normalized spacial score (nSPS) is 11.7. The summed E-state index contributed by atoms with van der Waals surface area (Å²) in [5, 5.41) is 31.2. The molecule has 1 aromatic carbocycles. The number of amides is 1. The van der Waals surface area contributed by atoms with Gasteiger partial charge in [0, 0.05) is 39.5 Å². The maximum Gasteiger partial charge on any atom is 0.490 e. The number of aromatic carboxylic acids is 1. The molecule has 230 valence electrons. The molecule has 3 rings (SSSR count). The van der Waals surface area contributed by atoms with Gasteiger partial charge in [0.05, 0.1) is 26.0 Å². The number of nitrogens with one attached hydrogen (secondary N) is 1. The second-order valence-corrected chi connectivity index (χ2v) is 8.43. The van der Waals surface area contributed by atoms with Gasteiger partial charge in [-0.05, 0) is 30.7 Å². The number of carbonyl (C=O) groups is 3. The number of benzene rings is 1. The second kappa shape index (κ2) is 16.7. The number of carboxylic acid groups (broad SMARTS) is 2. The lowest BCUT2D eigenvalue weighted by Crippen LogP contribution is -2.35. The van der Waals surface area contributed by atoms with Gasteiger partial charge in [0.2, 0.25) is 5.91 Å². The van der Waals surface area contributed by atoms with Gasteiger partial charge < -0.3 is 29.7 Å². The molecule has 0 aliphatic carbocycles. The highest BCUT2D eigenvalue weighted by molar-refractivity contribution is 5.85. The van der Waals surface area contributed by atoms with Crippen LogP contribution in [0.15, 0.2) is 42.7 Å². The van der Waals surface area contributed by atoms with E-state index in [4.69, 9.17) is 29.2 Å². The monoisotopic (exact) mass is 600 g/mol. The van der Waals surface area contributed by atoms with E-state index in [0.29, 0.717) is 32.1 Å². The van der Waals surface area contributed by atoms with E-state index in [1.165, 1.54) is 15.4 Å². The van der Waals surface area contributed by atoms with Gasteiger partial charge in [-0.15, -0.1) is 5.10 Å². The Morgan fingerprint density at radius 2 is 1.88 bits per heavy atom. The average molecular weight is 601 g/mol. The molecule has 2 aromatic heterocycles. The molecule has 14 nitrogen and oxygen atoms in total. The van der Waals surface area contributed by atoms with E-state index in [1.807, 2.05) is 31.2 Å². The predicted octanol–water partition coefficient (Wildman–Crippen LogP) is 2.16. The van der Waals surface area contributed by atoms with E-state index < -0.39 is 24.2 Å². The number of rotatable bonds is 15. The summed E-state index contributed by atoms with van der Waals surface area (Å²) >= 11 is 0. The summed E-state index contributed by atoms with van der Waals surface area (Å²) in [5.41, 5.74) is 1.36. The molecular formula is C25H31F3N6O8. The average Bonchev–Trinajstić information content (AvgIpc) is 3.61. The van der Waals surface area contributed by atoms with Crippen LogP contribution in [0.25, 0.3) is 0 Å². The fourth-order valence-corrected chi connectivity index (χ4v) is 3.22. The number of aromatic nitrogens is 5. The number of carbonyl (C=O) groups excluding carboxylic acids is 1. The molecule has 0 aliphatic heterocycles. The predicted molar refractivity (Wildman–Crippen MR) is 138 cm³/mol. The van der Waals surface area contributed by atoms with Crippen molar-refractivity contribution in [1.82, 2.24) is 30.1 Å². The fraction of sp³-hybridized carbons (Fsp3) is 0.440. The van der Waals surface area contributed by atoms with Crippen molar-refractivity contribution in [2.45, 2.75) is 38.7 Å². The van der Waals surface area contributed by atoms with Crippen LogP contribution in [-0.4, -0.2) is 92.5 Å². The molecule has 1 unspecified atom stereocenters. The molecule has 1 atom stereocenters. The Morgan fingerprint density at radius 3 is 2.50 bits per heavy atom. The number of carboxylic acids is 2. The quantitative estimate of drug-likeness (QED) is 0.218. The molecule has 0 bridgehead atoms. The Morgan fingerprint density at radius 1 is 1.14 bits per heavy atom. The van der Waals surface area contributed by atoms with Gasteiger partial charge >= 0.3 is 18.1 Å². The van der Waals surface area contributed by atoms with Crippen molar-refractivity contribution in [2.24, 2.45) is 0 Å². The standard InChI is InChI=1S/C23H30N6O6.C2HF3O2/c1-3-34-16-21(29-15-18(25-27-29)14-28-9-8-20(26-28)23(31)32)22(30)24-13-17-6-4-7-19(12-17)35-11-5-10-33-2;3-2(4,5)1(6)7/h4,6-9,12,15,21H,3,5,10-11,13-14,16H2,1-2H3,(H,24,30)(H,31,32);(H,6,7). The summed E-state index contributed by atoms with van der Waals surface area (Å²) in [5.74, 6) is -3.41. The van der Waals surface area contributed by atoms with Crippen LogP contribution in [0.2, 0.25) is 0 Å². The molecule has 17 heteroatoms. The molecule has 0 fully saturated rings.